The number of hydrogen-bond acceptors (Lipinski definition) is 4. The van der Waals surface area contributed by atoms with Gasteiger partial charge in [0.2, 0.25) is 0 Å². The summed E-state index contributed by atoms with van der Waals surface area (Å²) in [5.41, 5.74) is 1.70. The van der Waals surface area contributed by atoms with Crippen molar-refractivity contribution in [3.05, 3.63) is 48.0 Å². The highest BCUT2D eigenvalue weighted by molar-refractivity contribution is 5.95. The van der Waals surface area contributed by atoms with Crippen molar-refractivity contribution in [2.45, 2.75) is 20.0 Å². The molecule has 0 spiro atoms. The molecule has 5 heteroatoms. The number of rotatable bonds is 6. The fourth-order valence-corrected chi connectivity index (χ4v) is 2.01. The number of nitrogens with one attached hydrogen (secondary N) is 1. The van der Waals surface area contributed by atoms with Gasteiger partial charge in [-0.05, 0) is 38.1 Å². The van der Waals surface area contributed by atoms with Crippen LogP contribution in [0.25, 0.3) is 0 Å². The van der Waals surface area contributed by atoms with Gasteiger partial charge in [-0.1, -0.05) is 17.7 Å². The van der Waals surface area contributed by atoms with Crippen LogP contribution in [0.4, 0.5) is 5.69 Å². The Morgan fingerprint density at radius 1 is 1.00 bits per heavy atom. The van der Waals surface area contributed by atoms with Crippen LogP contribution in [0.5, 0.6) is 17.2 Å². The summed E-state index contributed by atoms with van der Waals surface area (Å²) in [4.78, 5) is 12.3. The second kappa shape index (κ2) is 7.54. The van der Waals surface area contributed by atoms with E-state index in [4.69, 9.17) is 14.2 Å². The first-order valence-electron chi connectivity index (χ1n) is 7.29. The highest BCUT2D eigenvalue weighted by Gasteiger charge is 2.17. The Kier molecular flexibility index (Phi) is 5.46. The zero-order chi connectivity index (χ0) is 16.8. The zero-order valence-electron chi connectivity index (χ0n) is 13.8. The molecule has 2 rings (SSSR count). The van der Waals surface area contributed by atoms with Crippen molar-refractivity contribution in [2.24, 2.45) is 0 Å². The summed E-state index contributed by atoms with van der Waals surface area (Å²) in [6.07, 6.45) is -0.635. The van der Waals surface area contributed by atoms with Gasteiger partial charge < -0.3 is 19.5 Å². The van der Waals surface area contributed by atoms with Gasteiger partial charge in [0.1, 0.15) is 17.2 Å². The van der Waals surface area contributed by atoms with Gasteiger partial charge in [-0.2, -0.15) is 0 Å². The molecule has 2 aromatic rings. The molecule has 0 saturated heterocycles. The van der Waals surface area contributed by atoms with Gasteiger partial charge in [0.05, 0.1) is 19.9 Å². The topological polar surface area (TPSA) is 56.8 Å². The van der Waals surface area contributed by atoms with Gasteiger partial charge in [0.15, 0.2) is 6.10 Å². The van der Waals surface area contributed by atoms with Crippen LogP contribution in [0, 0.1) is 6.92 Å². The Bertz CT molecular complexity index is 667. The van der Waals surface area contributed by atoms with E-state index >= 15 is 0 Å². The molecule has 0 aliphatic heterocycles. The van der Waals surface area contributed by atoms with E-state index in [9.17, 15) is 4.79 Å². The Labute approximate surface area is 136 Å². The highest BCUT2D eigenvalue weighted by Crippen LogP contribution is 2.29. The second-order valence-corrected chi connectivity index (χ2v) is 5.13. The lowest BCUT2D eigenvalue weighted by atomic mass is 10.2. The number of benzene rings is 2. The van der Waals surface area contributed by atoms with Crippen LogP contribution in [0.2, 0.25) is 0 Å². The predicted molar refractivity (Wildman–Crippen MR) is 89.4 cm³/mol. The molecule has 23 heavy (non-hydrogen) atoms. The number of ether oxygens (including phenoxy) is 3. The van der Waals surface area contributed by atoms with Crippen LogP contribution >= 0.6 is 0 Å². The lowest BCUT2D eigenvalue weighted by Gasteiger charge is -2.16. The van der Waals surface area contributed by atoms with Crippen molar-refractivity contribution < 1.29 is 19.0 Å². The molecule has 0 heterocycles. The normalized spacial score (nSPS) is 11.5. The summed E-state index contributed by atoms with van der Waals surface area (Å²) in [6.45, 7) is 3.70. The molecule has 122 valence electrons. The van der Waals surface area contributed by atoms with Crippen molar-refractivity contribution in [1.82, 2.24) is 0 Å². The van der Waals surface area contributed by atoms with Crippen molar-refractivity contribution >= 4 is 11.6 Å². The largest absolute Gasteiger partial charge is 0.497 e. The summed E-state index contributed by atoms with van der Waals surface area (Å²) >= 11 is 0. The molecule has 0 fully saturated rings. The van der Waals surface area contributed by atoms with Gasteiger partial charge in [-0.3, -0.25) is 4.79 Å². The number of carbonyl (C=O) groups excluding carboxylic acids is 1. The van der Waals surface area contributed by atoms with Crippen LogP contribution in [-0.4, -0.2) is 26.2 Å². The lowest BCUT2D eigenvalue weighted by molar-refractivity contribution is -0.122. The van der Waals surface area contributed by atoms with E-state index in [0.717, 1.165) is 5.56 Å². The first-order chi connectivity index (χ1) is 11.0. The fourth-order valence-electron chi connectivity index (χ4n) is 2.01. The van der Waals surface area contributed by atoms with E-state index in [-0.39, 0.29) is 5.91 Å². The fraction of sp³-hybridized carbons (Fsp3) is 0.278. The van der Waals surface area contributed by atoms with E-state index in [1.165, 1.54) is 7.11 Å². The summed E-state index contributed by atoms with van der Waals surface area (Å²) in [5.74, 6) is 1.58. The second-order valence-electron chi connectivity index (χ2n) is 5.13. The minimum absolute atomic E-state index is 0.256. The van der Waals surface area contributed by atoms with E-state index in [1.54, 1.807) is 32.2 Å². The summed E-state index contributed by atoms with van der Waals surface area (Å²) in [7, 11) is 3.11. The van der Waals surface area contributed by atoms with E-state index < -0.39 is 6.10 Å². The third kappa shape index (κ3) is 4.39. The molecule has 1 N–H and O–H groups in total. The number of hydrogen-bond donors (Lipinski definition) is 1. The van der Waals surface area contributed by atoms with Gasteiger partial charge in [-0.15, -0.1) is 0 Å². The molecule has 5 nitrogen and oxygen atoms in total. The Hall–Kier alpha value is -2.69. The summed E-state index contributed by atoms with van der Waals surface area (Å²) in [6, 6.07) is 12.7. The first kappa shape index (κ1) is 16.7. The lowest BCUT2D eigenvalue weighted by Crippen LogP contribution is -2.30. The first-order valence-corrected chi connectivity index (χ1v) is 7.29. The number of anilines is 1. The maximum absolute atomic E-state index is 12.3. The van der Waals surface area contributed by atoms with Gasteiger partial charge in [0.25, 0.3) is 5.91 Å². The number of carbonyl (C=O) groups is 1. The van der Waals surface area contributed by atoms with Gasteiger partial charge in [-0.25, -0.2) is 0 Å². The van der Waals surface area contributed by atoms with Crippen LogP contribution in [0.3, 0.4) is 0 Å². The quantitative estimate of drug-likeness (QED) is 0.887. The van der Waals surface area contributed by atoms with Crippen molar-refractivity contribution in [3.8, 4) is 17.2 Å². The average Bonchev–Trinajstić information content (AvgIpc) is 2.57. The summed E-state index contributed by atoms with van der Waals surface area (Å²) in [5, 5.41) is 2.80. The van der Waals surface area contributed by atoms with Crippen LogP contribution in [0.1, 0.15) is 12.5 Å². The van der Waals surface area contributed by atoms with Crippen molar-refractivity contribution in [3.63, 3.8) is 0 Å². The smallest absolute Gasteiger partial charge is 0.265 e. The molecule has 0 aliphatic rings. The van der Waals surface area contributed by atoms with Gasteiger partial charge in [0, 0.05) is 6.07 Å². The third-order valence-electron chi connectivity index (χ3n) is 3.37. The number of aryl methyl sites for hydroxylation is 1. The molecule has 0 unspecified atom stereocenters. The number of methoxy groups -OCH3 is 2. The molecule has 1 atom stereocenters. The van der Waals surface area contributed by atoms with E-state index in [2.05, 4.69) is 5.32 Å². The molecule has 0 aromatic heterocycles. The molecule has 0 saturated carbocycles. The maximum atomic E-state index is 12.3. The summed E-state index contributed by atoms with van der Waals surface area (Å²) < 4.78 is 16.0. The van der Waals surface area contributed by atoms with Gasteiger partial charge >= 0.3 is 0 Å². The van der Waals surface area contributed by atoms with Crippen molar-refractivity contribution in [2.75, 3.05) is 19.5 Å². The molecule has 2 aromatic carbocycles. The monoisotopic (exact) mass is 315 g/mol. The maximum Gasteiger partial charge on any atom is 0.265 e. The highest BCUT2D eigenvalue weighted by atomic mass is 16.5. The predicted octanol–water partition coefficient (Wildman–Crippen LogP) is 3.42. The average molecular weight is 315 g/mol. The number of amides is 1. The molecule has 0 aliphatic carbocycles. The molecular weight excluding hydrogens is 294 g/mol. The standard InChI is InChI=1S/C18H21NO4/c1-12-5-7-14(8-6-12)23-13(2)18(20)19-16-10-9-15(21-3)11-17(16)22-4/h5-11,13H,1-4H3,(H,19,20)/t13-/m0/s1. The van der Waals surface area contributed by atoms with E-state index in [1.807, 2.05) is 31.2 Å². The third-order valence-corrected chi connectivity index (χ3v) is 3.37. The Morgan fingerprint density at radius 3 is 2.26 bits per heavy atom. The van der Waals surface area contributed by atoms with Crippen molar-refractivity contribution in [1.29, 1.82) is 0 Å². The zero-order valence-corrected chi connectivity index (χ0v) is 13.8. The van der Waals surface area contributed by atoms with E-state index in [0.29, 0.717) is 22.9 Å². The minimum atomic E-state index is -0.635. The molecule has 0 radical (unpaired) electrons. The van der Waals surface area contributed by atoms with Crippen LogP contribution < -0.4 is 19.5 Å². The Morgan fingerprint density at radius 2 is 1.65 bits per heavy atom. The SMILES string of the molecule is COc1ccc(NC(=O)[C@H](C)Oc2ccc(C)cc2)c(OC)c1. The molecule has 1 amide bonds. The molecular formula is C18H21NO4. The minimum Gasteiger partial charge on any atom is -0.497 e. The Balaban J connectivity index is 2.04. The molecule has 0 bridgehead atoms. The van der Waals surface area contributed by atoms with Crippen LogP contribution in [0.15, 0.2) is 42.5 Å². The van der Waals surface area contributed by atoms with Crippen LogP contribution in [-0.2, 0) is 4.79 Å².